The summed E-state index contributed by atoms with van der Waals surface area (Å²) < 4.78 is 14.9. The zero-order valence-electron chi connectivity index (χ0n) is 19.9. The van der Waals surface area contributed by atoms with Gasteiger partial charge in [0.2, 0.25) is 0 Å². The highest BCUT2D eigenvalue weighted by molar-refractivity contribution is 5.45. The first-order valence-electron chi connectivity index (χ1n) is 12.8. The summed E-state index contributed by atoms with van der Waals surface area (Å²) in [7, 11) is 0. The summed E-state index contributed by atoms with van der Waals surface area (Å²) in [6, 6.07) is 14.0. The van der Waals surface area contributed by atoms with Gasteiger partial charge in [0.05, 0.1) is 5.56 Å². The number of rotatable bonds is 7. The molecule has 0 saturated heterocycles. The van der Waals surface area contributed by atoms with E-state index in [4.69, 9.17) is 0 Å². The fourth-order valence-corrected chi connectivity index (χ4v) is 5.95. The van der Waals surface area contributed by atoms with Gasteiger partial charge in [-0.15, -0.1) is 13.2 Å². The first kappa shape index (κ1) is 23.6. The Labute approximate surface area is 200 Å². The monoisotopic (exact) mass is 440 g/mol. The lowest BCUT2D eigenvalue weighted by Crippen LogP contribution is -2.30. The lowest BCUT2D eigenvalue weighted by Gasteiger charge is -2.42. The zero-order chi connectivity index (χ0) is 23.0. The second kappa shape index (κ2) is 11.5. The van der Waals surface area contributed by atoms with Gasteiger partial charge in [-0.05, 0) is 117 Å². The Morgan fingerprint density at radius 3 is 2.36 bits per heavy atom. The predicted molar refractivity (Wildman–Crippen MR) is 138 cm³/mol. The summed E-state index contributed by atoms with van der Waals surface area (Å²) in [5.74, 6) is 9.06. The smallest absolute Gasteiger partial charge is 0.139 e. The molecule has 4 unspecified atom stereocenters. The molecule has 172 valence electrons. The minimum absolute atomic E-state index is 0.183. The number of aryl methyl sites for hydroxylation is 1. The molecule has 2 aliphatic rings. The number of halogens is 1. The normalized spacial score (nSPS) is 24.3. The van der Waals surface area contributed by atoms with Crippen molar-refractivity contribution in [2.24, 2.45) is 17.8 Å². The second-order valence-corrected chi connectivity index (χ2v) is 10.1. The Morgan fingerprint density at radius 2 is 1.61 bits per heavy atom. The SMILES string of the molecule is C=CCCc1ccc(C#Cc2ccc(C3CCC4CC(CCC=C)CCC4C3)cc2F)cc1. The van der Waals surface area contributed by atoms with E-state index in [-0.39, 0.29) is 5.82 Å². The highest BCUT2D eigenvalue weighted by atomic mass is 19.1. The summed E-state index contributed by atoms with van der Waals surface area (Å²) in [4.78, 5) is 0. The average Bonchev–Trinajstić information content (AvgIpc) is 2.85. The summed E-state index contributed by atoms with van der Waals surface area (Å²) in [5, 5.41) is 0. The molecule has 0 spiro atoms. The van der Waals surface area contributed by atoms with E-state index >= 15 is 0 Å². The van der Waals surface area contributed by atoms with Crippen molar-refractivity contribution in [1.29, 1.82) is 0 Å². The predicted octanol–water partition coefficient (Wildman–Crippen LogP) is 8.61. The molecule has 1 heteroatoms. The van der Waals surface area contributed by atoms with Crippen molar-refractivity contribution in [3.05, 3.63) is 95.8 Å². The number of benzene rings is 2. The maximum Gasteiger partial charge on any atom is 0.139 e. The summed E-state index contributed by atoms with van der Waals surface area (Å²) in [5.41, 5.74) is 3.85. The number of fused-ring (bicyclic) bond motifs is 1. The van der Waals surface area contributed by atoms with Crippen LogP contribution in [0.2, 0.25) is 0 Å². The molecule has 2 fully saturated rings. The van der Waals surface area contributed by atoms with Crippen molar-refractivity contribution in [1.82, 2.24) is 0 Å². The van der Waals surface area contributed by atoms with Gasteiger partial charge in [-0.1, -0.05) is 48.6 Å². The Bertz CT molecular complexity index is 1000. The summed E-state index contributed by atoms with van der Waals surface area (Å²) in [6.45, 7) is 7.65. The van der Waals surface area contributed by atoms with E-state index in [9.17, 15) is 4.39 Å². The van der Waals surface area contributed by atoms with Gasteiger partial charge < -0.3 is 0 Å². The average molecular weight is 441 g/mol. The highest BCUT2D eigenvalue weighted by Gasteiger charge is 2.35. The minimum Gasteiger partial charge on any atom is -0.206 e. The zero-order valence-corrected chi connectivity index (χ0v) is 19.9. The van der Waals surface area contributed by atoms with Crippen LogP contribution in [0.4, 0.5) is 4.39 Å². The van der Waals surface area contributed by atoms with Gasteiger partial charge in [0, 0.05) is 5.56 Å². The molecule has 0 aliphatic heterocycles. The molecule has 2 aromatic carbocycles. The van der Waals surface area contributed by atoms with Gasteiger partial charge in [-0.2, -0.15) is 0 Å². The van der Waals surface area contributed by atoms with Gasteiger partial charge in [0.15, 0.2) is 0 Å². The third-order valence-corrected chi connectivity index (χ3v) is 7.90. The van der Waals surface area contributed by atoms with Gasteiger partial charge in [-0.25, -0.2) is 4.39 Å². The lowest BCUT2D eigenvalue weighted by atomic mass is 9.63. The van der Waals surface area contributed by atoms with Crippen molar-refractivity contribution >= 4 is 0 Å². The maximum atomic E-state index is 14.9. The molecule has 0 amide bonds. The van der Waals surface area contributed by atoms with Crippen LogP contribution in [0, 0.1) is 35.4 Å². The van der Waals surface area contributed by atoms with Crippen LogP contribution >= 0.6 is 0 Å². The van der Waals surface area contributed by atoms with Gasteiger partial charge in [0.25, 0.3) is 0 Å². The molecule has 2 aliphatic carbocycles. The van der Waals surface area contributed by atoms with E-state index < -0.39 is 0 Å². The largest absolute Gasteiger partial charge is 0.206 e. The molecule has 2 aromatic rings. The van der Waals surface area contributed by atoms with Crippen molar-refractivity contribution in [3.8, 4) is 11.8 Å². The summed E-state index contributed by atoms with van der Waals surface area (Å²) >= 11 is 0. The Kier molecular flexibility index (Phi) is 8.22. The molecule has 0 radical (unpaired) electrons. The molecular weight excluding hydrogens is 403 g/mol. The second-order valence-electron chi connectivity index (χ2n) is 10.1. The van der Waals surface area contributed by atoms with Gasteiger partial charge in [0.1, 0.15) is 5.82 Å². The Balaban J connectivity index is 1.36. The topological polar surface area (TPSA) is 0 Å². The fourth-order valence-electron chi connectivity index (χ4n) is 5.95. The van der Waals surface area contributed by atoms with Crippen LogP contribution in [0.3, 0.4) is 0 Å². The van der Waals surface area contributed by atoms with E-state index in [2.05, 4.69) is 49.3 Å². The fraction of sp³-hybridized carbons (Fsp3) is 0.438. The van der Waals surface area contributed by atoms with Crippen LogP contribution in [0.15, 0.2) is 67.8 Å². The highest BCUT2D eigenvalue weighted by Crippen LogP contribution is 2.48. The standard InChI is InChI=1S/C32H37F/c1-3-5-7-24-9-11-25(12-10-24)13-15-27-17-18-31(23-32(27)33)30-20-19-28-21-26(8-6-4-2)14-16-29(28)22-30/h3-4,9-12,17-18,23,26,28-30H,1-2,5-8,14,16,19-22H2. The quantitative estimate of drug-likeness (QED) is 0.299. The van der Waals surface area contributed by atoms with Crippen LogP contribution in [-0.2, 0) is 6.42 Å². The molecule has 4 atom stereocenters. The summed E-state index contributed by atoms with van der Waals surface area (Å²) in [6.07, 6.45) is 16.2. The Morgan fingerprint density at radius 1 is 0.848 bits per heavy atom. The first-order valence-corrected chi connectivity index (χ1v) is 12.8. The molecule has 2 saturated carbocycles. The lowest BCUT2D eigenvalue weighted by molar-refractivity contribution is 0.115. The van der Waals surface area contributed by atoms with Crippen molar-refractivity contribution in [2.75, 3.05) is 0 Å². The molecular formula is C32H37F. The molecule has 33 heavy (non-hydrogen) atoms. The van der Waals surface area contributed by atoms with E-state index in [0.717, 1.165) is 48.1 Å². The van der Waals surface area contributed by atoms with Crippen LogP contribution < -0.4 is 0 Å². The van der Waals surface area contributed by atoms with E-state index in [1.54, 1.807) is 6.07 Å². The third-order valence-electron chi connectivity index (χ3n) is 7.90. The van der Waals surface area contributed by atoms with E-state index in [1.165, 1.54) is 50.5 Å². The maximum absolute atomic E-state index is 14.9. The van der Waals surface area contributed by atoms with Crippen LogP contribution in [0.5, 0.6) is 0 Å². The molecule has 0 heterocycles. The first-order chi connectivity index (χ1) is 16.2. The van der Waals surface area contributed by atoms with Crippen molar-refractivity contribution in [3.63, 3.8) is 0 Å². The minimum atomic E-state index is -0.183. The molecule has 0 nitrogen and oxygen atoms in total. The van der Waals surface area contributed by atoms with Gasteiger partial charge >= 0.3 is 0 Å². The van der Waals surface area contributed by atoms with Gasteiger partial charge in [-0.3, -0.25) is 0 Å². The van der Waals surface area contributed by atoms with Crippen molar-refractivity contribution < 1.29 is 4.39 Å². The molecule has 4 rings (SSSR count). The van der Waals surface area contributed by atoms with Crippen LogP contribution in [-0.4, -0.2) is 0 Å². The number of hydrogen-bond acceptors (Lipinski definition) is 0. The Hall–Kier alpha value is -2.59. The van der Waals surface area contributed by atoms with Crippen LogP contribution in [0.1, 0.15) is 86.0 Å². The third kappa shape index (κ3) is 6.26. The molecule has 0 aromatic heterocycles. The van der Waals surface area contributed by atoms with Crippen LogP contribution in [0.25, 0.3) is 0 Å². The number of hydrogen-bond donors (Lipinski definition) is 0. The van der Waals surface area contributed by atoms with E-state index in [1.807, 2.05) is 24.3 Å². The molecule has 0 N–H and O–H groups in total. The number of allylic oxidation sites excluding steroid dienone is 2. The van der Waals surface area contributed by atoms with E-state index in [0.29, 0.717) is 11.5 Å². The van der Waals surface area contributed by atoms with Crippen molar-refractivity contribution in [2.45, 2.75) is 70.1 Å². The molecule has 0 bridgehead atoms.